The normalized spacial score (nSPS) is 10.7. The van der Waals surface area contributed by atoms with Gasteiger partial charge in [0, 0.05) is 5.71 Å². The van der Waals surface area contributed by atoms with Crippen molar-refractivity contribution >= 4 is 17.8 Å². The third-order valence-corrected chi connectivity index (χ3v) is 1.32. The summed E-state index contributed by atoms with van der Waals surface area (Å²) in [7, 11) is 0. The Morgan fingerprint density at radius 1 is 1.20 bits per heavy atom. The van der Waals surface area contributed by atoms with Gasteiger partial charge in [-0.2, -0.15) is 5.10 Å². The Hall–Kier alpha value is -1.59. The monoisotopic (exact) mass is 216 g/mol. The average molecular weight is 216 g/mol. The molecule has 0 aliphatic heterocycles. The maximum absolute atomic E-state index is 11.0. The van der Waals surface area contributed by atoms with Gasteiger partial charge in [0.1, 0.15) is 0 Å². The van der Waals surface area contributed by atoms with Crippen LogP contribution in [0.1, 0.15) is 27.2 Å². The quantitative estimate of drug-likeness (QED) is 0.423. The van der Waals surface area contributed by atoms with Crippen LogP contribution in [-0.2, 0) is 14.3 Å². The molecule has 0 aromatic carbocycles. The number of rotatable bonds is 5. The molecule has 0 aromatic rings. The van der Waals surface area contributed by atoms with Crippen LogP contribution in [0.2, 0.25) is 0 Å². The molecule has 0 atom stereocenters. The molecule has 0 radical (unpaired) electrons. The summed E-state index contributed by atoms with van der Waals surface area (Å²) in [5, 5.41) is 3.66. The Kier molecular flexibility index (Phi) is 6.96. The highest BCUT2D eigenvalue weighted by Crippen LogP contribution is 1.90. The minimum absolute atomic E-state index is 0.0558. The fraction of sp³-hybridized carbons (Fsp3) is 0.667. The van der Waals surface area contributed by atoms with Crippen LogP contribution in [0.15, 0.2) is 5.10 Å². The smallest absolute Gasteiger partial charge is 0.427 e. The van der Waals surface area contributed by atoms with E-state index in [0.717, 1.165) is 0 Å². The van der Waals surface area contributed by atoms with E-state index in [0.29, 0.717) is 12.3 Å². The lowest BCUT2D eigenvalue weighted by Gasteiger charge is -2.02. The Labute approximate surface area is 88.6 Å². The molecule has 6 heteroatoms. The predicted octanol–water partition coefficient (Wildman–Crippen LogP) is 1.06. The van der Waals surface area contributed by atoms with E-state index in [1.807, 2.05) is 0 Å². The van der Waals surface area contributed by atoms with Crippen molar-refractivity contribution < 1.29 is 19.1 Å². The van der Waals surface area contributed by atoms with E-state index in [1.54, 1.807) is 20.8 Å². The first-order chi connectivity index (χ1) is 7.10. The molecule has 0 aliphatic carbocycles. The number of esters is 1. The zero-order valence-corrected chi connectivity index (χ0v) is 9.20. The van der Waals surface area contributed by atoms with Crippen molar-refractivity contribution in [1.82, 2.24) is 5.43 Å². The van der Waals surface area contributed by atoms with Crippen LogP contribution >= 0.6 is 0 Å². The van der Waals surface area contributed by atoms with Gasteiger partial charge in [0.2, 0.25) is 0 Å². The van der Waals surface area contributed by atoms with Crippen molar-refractivity contribution in [3.8, 4) is 0 Å². The molecule has 0 bridgehead atoms. The first kappa shape index (κ1) is 13.4. The molecule has 0 saturated heterocycles. The van der Waals surface area contributed by atoms with Crippen molar-refractivity contribution in [2.75, 3.05) is 13.2 Å². The summed E-state index contributed by atoms with van der Waals surface area (Å²) in [6, 6.07) is 0. The van der Waals surface area contributed by atoms with Gasteiger partial charge in [-0.1, -0.05) is 0 Å². The third kappa shape index (κ3) is 7.48. The summed E-state index contributed by atoms with van der Waals surface area (Å²) in [5.41, 5.74) is 2.61. The molecule has 1 N–H and O–H groups in total. The second kappa shape index (κ2) is 7.78. The standard InChI is InChI=1S/C9H16N2O4/c1-4-14-8(12)6-7(3)10-11-9(13)15-5-2/h4-6H2,1-3H3,(H,11,13)/b10-7-. The fourth-order valence-electron chi connectivity index (χ4n) is 0.765. The molecular weight excluding hydrogens is 200 g/mol. The van der Waals surface area contributed by atoms with Crippen LogP contribution in [0.5, 0.6) is 0 Å². The predicted molar refractivity (Wildman–Crippen MR) is 54.5 cm³/mol. The molecule has 0 aliphatic rings. The SMILES string of the molecule is CCOC(=O)C/C(C)=N\NC(=O)OCC. The second-order valence-corrected chi connectivity index (χ2v) is 2.66. The summed E-state index contributed by atoms with van der Waals surface area (Å²) >= 11 is 0. The molecule has 1 amide bonds. The van der Waals surface area contributed by atoms with Crippen molar-refractivity contribution in [3.63, 3.8) is 0 Å². The highest BCUT2D eigenvalue weighted by atomic mass is 16.6. The minimum atomic E-state index is -0.638. The van der Waals surface area contributed by atoms with Crippen LogP contribution in [0.4, 0.5) is 4.79 Å². The Balaban J connectivity index is 3.88. The molecule has 0 saturated carbocycles. The molecule has 0 heterocycles. The van der Waals surface area contributed by atoms with Gasteiger partial charge >= 0.3 is 12.1 Å². The lowest BCUT2D eigenvalue weighted by molar-refractivity contribution is -0.141. The number of carbonyl (C=O) groups excluding carboxylic acids is 2. The van der Waals surface area contributed by atoms with E-state index in [2.05, 4.69) is 15.3 Å². The highest BCUT2D eigenvalue weighted by Gasteiger charge is 2.04. The number of nitrogens with one attached hydrogen (secondary N) is 1. The van der Waals surface area contributed by atoms with E-state index in [9.17, 15) is 9.59 Å². The number of nitrogens with zero attached hydrogens (tertiary/aromatic N) is 1. The third-order valence-electron chi connectivity index (χ3n) is 1.32. The molecule has 0 fully saturated rings. The van der Waals surface area contributed by atoms with E-state index >= 15 is 0 Å². The summed E-state index contributed by atoms with van der Waals surface area (Å²) in [6.07, 6.45) is -0.582. The summed E-state index contributed by atoms with van der Waals surface area (Å²) in [4.78, 5) is 21.8. The molecule has 86 valence electrons. The van der Waals surface area contributed by atoms with Crippen molar-refractivity contribution in [2.45, 2.75) is 27.2 Å². The lowest BCUT2D eigenvalue weighted by atomic mass is 10.3. The van der Waals surface area contributed by atoms with Crippen molar-refractivity contribution in [1.29, 1.82) is 0 Å². The van der Waals surface area contributed by atoms with Crippen LogP contribution in [0.3, 0.4) is 0 Å². The molecule has 0 unspecified atom stereocenters. The van der Waals surface area contributed by atoms with Gasteiger partial charge in [0.25, 0.3) is 0 Å². The van der Waals surface area contributed by atoms with Gasteiger partial charge in [-0.3, -0.25) is 4.79 Å². The van der Waals surface area contributed by atoms with Crippen molar-refractivity contribution in [2.24, 2.45) is 5.10 Å². The maximum Gasteiger partial charge on any atom is 0.427 e. The Morgan fingerprint density at radius 3 is 2.33 bits per heavy atom. The van der Waals surface area contributed by atoms with Crippen molar-refractivity contribution in [3.05, 3.63) is 0 Å². The number of hydrogen-bond acceptors (Lipinski definition) is 5. The summed E-state index contributed by atoms with van der Waals surface area (Å²) < 4.78 is 9.27. The number of ether oxygens (including phenoxy) is 2. The second-order valence-electron chi connectivity index (χ2n) is 2.66. The average Bonchev–Trinajstić information content (AvgIpc) is 2.15. The maximum atomic E-state index is 11.0. The van der Waals surface area contributed by atoms with Gasteiger partial charge in [0.05, 0.1) is 19.6 Å². The molecule has 0 spiro atoms. The van der Waals surface area contributed by atoms with Gasteiger partial charge in [-0.15, -0.1) is 0 Å². The van der Waals surface area contributed by atoms with Crippen LogP contribution < -0.4 is 5.43 Å². The molecular formula is C9H16N2O4. The first-order valence-electron chi connectivity index (χ1n) is 4.71. The molecule has 0 aromatic heterocycles. The van der Waals surface area contributed by atoms with E-state index in [4.69, 9.17) is 4.74 Å². The lowest BCUT2D eigenvalue weighted by Crippen LogP contribution is -2.21. The largest absolute Gasteiger partial charge is 0.466 e. The zero-order chi connectivity index (χ0) is 11.7. The summed E-state index contributed by atoms with van der Waals surface area (Å²) in [6.45, 7) is 5.63. The highest BCUT2D eigenvalue weighted by molar-refractivity contribution is 5.97. The number of carbonyl (C=O) groups is 2. The Bertz CT molecular complexity index is 250. The van der Waals surface area contributed by atoms with Crippen LogP contribution in [0.25, 0.3) is 0 Å². The first-order valence-corrected chi connectivity index (χ1v) is 4.71. The Morgan fingerprint density at radius 2 is 1.80 bits per heavy atom. The van der Waals surface area contributed by atoms with E-state index in [-0.39, 0.29) is 19.0 Å². The number of hydrogen-bond donors (Lipinski definition) is 1. The molecule has 6 nitrogen and oxygen atoms in total. The van der Waals surface area contributed by atoms with Crippen LogP contribution in [-0.4, -0.2) is 31.0 Å². The summed E-state index contributed by atoms with van der Waals surface area (Å²) in [5.74, 6) is -0.371. The van der Waals surface area contributed by atoms with Gasteiger partial charge in [0.15, 0.2) is 0 Å². The zero-order valence-electron chi connectivity index (χ0n) is 9.20. The van der Waals surface area contributed by atoms with Gasteiger partial charge in [-0.25, -0.2) is 10.2 Å². The number of amides is 1. The molecule has 15 heavy (non-hydrogen) atoms. The fourth-order valence-corrected chi connectivity index (χ4v) is 0.765. The van der Waals surface area contributed by atoms with Gasteiger partial charge in [-0.05, 0) is 20.8 Å². The van der Waals surface area contributed by atoms with Crippen LogP contribution in [0, 0.1) is 0 Å². The van der Waals surface area contributed by atoms with E-state index in [1.165, 1.54) is 0 Å². The van der Waals surface area contributed by atoms with Gasteiger partial charge < -0.3 is 9.47 Å². The van der Waals surface area contributed by atoms with E-state index < -0.39 is 6.09 Å². The topological polar surface area (TPSA) is 77.0 Å². The number of hydrazone groups is 1. The minimum Gasteiger partial charge on any atom is -0.466 e. The molecule has 0 rings (SSSR count).